The second-order valence-electron chi connectivity index (χ2n) is 4.25. The summed E-state index contributed by atoms with van der Waals surface area (Å²) >= 11 is 0.399. The van der Waals surface area contributed by atoms with Gasteiger partial charge in [0.2, 0.25) is 0 Å². The van der Waals surface area contributed by atoms with Gasteiger partial charge in [0.1, 0.15) is 10.0 Å². The summed E-state index contributed by atoms with van der Waals surface area (Å²) in [7, 11) is -3.80. The largest absolute Gasteiger partial charge is 0.573 e. The molecule has 0 aliphatic carbocycles. The van der Waals surface area contributed by atoms with E-state index in [0.717, 1.165) is 5.56 Å². The highest BCUT2D eigenvalue weighted by Crippen LogP contribution is 2.31. The summed E-state index contributed by atoms with van der Waals surface area (Å²) in [5.74, 6) is -2.51. The van der Waals surface area contributed by atoms with Crippen molar-refractivity contribution < 1.29 is 17.2 Å². The minimum Gasteiger partial charge on any atom is -0.573 e. The fourth-order valence-corrected chi connectivity index (χ4v) is 3.07. The highest BCUT2D eigenvalue weighted by Gasteiger charge is 2.06. The van der Waals surface area contributed by atoms with Gasteiger partial charge in [-0.2, -0.15) is 8.78 Å². The van der Waals surface area contributed by atoms with Crippen molar-refractivity contribution >= 4 is 27.5 Å². The molecule has 0 aromatic heterocycles. The molecular formula is C14H12F2NO2S2-. The Labute approximate surface area is 126 Å². The van der Waals surface area contributed by atoms with Crippen LogP contribution in [0.2, 0.25) is 0 Å². The lowest BCUT2D eigenvalue weighted by molar-refractivity contribution is 0.252. The van der Waals surface area contributed by atoms with E-state index in [1.807, 2.05) is 6.92 Å². The number of sulfonamides is 1. The Hall–Kier alpha value is -1.60. The summed E-state index contributed by atoms with van der Waals surface area (Å²) < 4.78 is 52.2. The molecule has 0 atom stereocenters. The molecule has 21 heavy (non-hydrogen) atoms. The van der Waals surface area contributed by atoms with Crippen molar-refractivity contribution in [2.45, 2.75) is 22.5 Å². The molecule has 0 aliphatic heterocycles. The number of benzene rings is 2. The SMILES string of the molecule is Cc1ccc(S(=O)(=O)[N-]c2ccc(SC(F)F)cc2)cc1. The molecule has 7 heteroatoms. The van der Waals surface area contributed by atoms with Gasteiger partial charge in [0.05, 0.1) is 4.90 Å². The lowest BCUT2D eigenvalue weighted by atomic mass is 10.2. The quantitative estimate of drug-likeness (QED) is 0.747. The molecule has 2 aromatic rings. The number of halogens is 2. The fourth-order valence-electron chi connectivity index (χ4n) is 1.59. The molecule has 0 heterocycles. The molecular weight excluding hydrogens is 316 g/mol. The van der Waals surface area contributed by atoms with Gasteiger partial charge in [-0.05, 0) is 31.2 Å². The van der Waals surface area contributed by atoms with E-state index in [-0.39, 0.29) is 10.6 Å². The van der Waals surface area contributed by atoms with Crippen molar-refractivity contribution in [2.24, 2.45) is 0 Å². The van der Waals surface area contributed by atoms with Crippen molar-refractivity contribution in [3.05, 3.63) is 58.8 Å². The maximum atomic E-state index is 12.2. The van der Waals surface area contributed by atoms with E-state index in [0.29, 0.717) is 16.7 Å². The molecule has 0 bridgehead atoms. The van der Waals surface area contributed by atoms with Crippen LogP contribution >= 0.6 is 11.8 Å². The molecule has 0 spiro atoms. The first-order valence-corrected chi connectivity index (χ1v) is 8.28. The summed E-state index contributed by atoms with van der Waals surface area (Å²) in [5.41, 5.74) is 1.15. The lowest BCUT2D eigenvalue weighted by Gasteiger charge is -2.22. The van der Waals surface area contributed by atoms with Crippen LogP contribution in [0.1, 0.15) is 5.56 Å². The van der Waals surface area contributed by atoms with Crippen molar-refractivity contribution in [1.82, 2.24) is 0 Å². The molecule has 2 rings (SSSR count). The van der Waals surface area contributed by atoms with Crippen LogP contribution in [0.5, 0.6) is 0 Å². The molecule has 2 aromatic carbocycles. The Balaban J connectivity index is 2.15. The monoisotopic (exact) mass is 328 g/mol. The van der Waals surface area contributed by atoms with Gasteiger partial charge >= 0.3 is 0 Å². The van der Waals surface area contributed by atoms with E-state index in [2.05, 4.69) is 4.72 Å². The Morgan fingerprint density at radius 2 is 1.57 bits per heavy atom. The van der Waals surface area contributed by atoms with Crippen molar-refractivity contribution in [3.63, 3.8) is 0 Å². The Morgan fingerprint density at radius 1 is 1.00 bits per heavy atom. The Bertz CT molecular complexity index is 699. The number of alkyl halides is 2. The third-order valence-corrected chi connectivity index (χ3v) is 4.65. The second kappa shape index (κ2) is 6.44. The maximum absolute atomic E-state index is 12.2. The number of rotatable bonds is 5. The number of hydrogen-bond donors (Lipinski definition) is 0. The first-order valence-electron chi connectivity index (χ1n) is 5.96. The average molecular weight is 328 g/mol. The van der Waals surface area contributed by atoms with Crippen LogP contribution in [0.4, 0.5) is 14.5 Å². The standard InChI is InChI=1S/C14H12F2NO2S2/c1-10-2-8-13(9-3-10)21(18,19)17-11-4-6-12(7-5-11)20-14(15)16/h2-9,14H,1H3/q-1. The van der Waals surface area contributed by atoms with Gasteiger partial charge in [0, 0.05) is 4.90 Å². The summed E-state index contributed by atoms with van der Waals surface area (Å²) in [6.07, 6.45) is 0. The Kier molecular flexibility index (Phi) is 4.84. The van der Waals surface area contributed by atoms with E-state index in [1.165, 1.54) is 36.4 Å². The van der Waals surface area contributed by atoms with Gasteiger partial charge in [0.25, 0.3) is 5.76 Å². The number of thioether (sulfide) groups is 1. The van der Waals surface area contributed by atoms with Crippen LogP contribution in [0.25, 0.3) is 4.72 Å². The van der Waals surface area contributed by atoms with Crippen LogP contribution in [0.15, 0.2) is 58.3 Å². The first-order chi connectivity index (χ1) is 9.87. The number of hydrogen-bond acceptors (Lipinski definition) is 3. The van der Waals surface area contributed by atoms with Gasteiger partial charge in [-0.25, -0.2) is 8.42 Å². The van der Waals surface area contributed by atoms with Crippen LogP contribution in [-0.4, -0.2) is 14.2 Å². The lowest BCUT2D eigenvalue weighted by Crippen LogP contribution is -1.97. The molecule has 0 radical (unpaired) electrons. The summed E-state index contributed by atoms with van der Waals surface area (Å²) in [4.78, 5) is 0.454. The number of nitrogens with zero attached hydrogens (tertiary/aromatic N) is 1. The van der Waals surface area contributed by atoms with E-state index in [9.17, 15) is 17.2 Å². The third kappa shape index (κ3) is 4.44. The van der Waals surface area contributed by atoms with Gasteiger partial charge in [-0.1, -0.05) is 41.6 Å². The molecule has 0 unspecified atom stereocenters. The smallest absolute Gasteiger partial charge is 0.288 e. The average Bonchev–Trinajstić information content (AvgIpc) is 2.40. The molecule has 0 aliphatic rings. The topological polar surface area (TPSA) is 48.2 Å². The molecule has 0 N–H and O–H groups in total. The summed E-state index contributed by atoms with van der Waals surface area (Å²) in [5, 5.41) is 0. The van der Waals surface area contributed by atoms with Crippen LogP contribution < -0.4 is 0 Å². The van der Waals surface area contributed by atoms with E-state index < -0.39 is 15.8 Å². The molecule has 0 fully saturated rings. The minimum atomic E-state index is -3.80. The summed E-state index contributed by atoms with van der Waals surface area (Å²) in [6, 6.07) is 12.0. The van der Waals surface area contributed by atoms with E-state index in [1.54, 1.807) is 12.1 Å². The molecule has 0 saturated carbocycles. The summed E-state index contributed by atoms with van der Waals surface area (Å²) in [6.45, 7) is 1.85. The van der Waals surface area contributed by atoms with E-state index in [4.69, 9.17) is 0 Å². The van der Waals surface area contributed by atoms with Crippen LogP contribution in [0.3, 0.4) is 0 Å². The molecule has 0 saturated heterocycles. The zero-order valence-electron chi connectivity index (χ0n) is 11.0. The third-order valence-electron chi connectivity index (χ3n) is 2.61. The maximum Gasteiger partial charge on any atom is 0.288 e. The van der Waals surface area contributed by atoms with Gasteiger partial charge < -0.3 is 4.72 Å². The van der Waals surface area contributed by atoms with Crippen LogP contribution in [-0.2, 0) is 10.0 Å². The molecule has 112 valence electrons. The zero-order chi connectivity index (χ0) is 15.5. The second-order valence-corrected chi connectivity index (χ2v) is 6.92. The fraction of sp³-hybridized carbons (Fsp3) is 0.143. The molecule has 3 nitrogen and oxygen atoms in total. The Morgan fingerprint density at radius 3 is 2.10 bits per heavy atom. The van der Waals surface area contributed by atoms with Gasteiger partial charge in [0.15, 0.2) is 0 Å². The van der Waals surface area contributed by atoms with Crippen molar-refractivity contribution in [3.8, 4) is 0 Å². The zero-order valence-corrected chi connectivity index (χ0v) is 12.7. The predicted molar refractivity (Wildman–Crippen MR) is 79.7 cm³/mol. The minimum absolute atomic E-state index is 0.0964. The highest BCUT2D eigenvalue weighted by molar-refractivity contribution is 7.99. The van der Waals surface area contributed by atoms with Gasteiger partial charge in [-0.3, -0.25) is 0 Å². The van der Waals surface area contributed by atoms with Crippen LogP contribution in [0, 0.1) is 6.92 Å². The van der Waals surface area contributed by atoms with Crippen molar-refractivity contribution in [2.75, 3.05) is 0 Å². The van der Waals surface area contributed by atoms with Gasteiger partial charge in [-0.15, -0.1) is 5.69 Å². The number of aryl methyl sites for hydroxylation is 1. The normalized spacial score (nSPS) is 11.6. The molecule has 0 amide bonds. The highest BCUT2D eigenvalue weighted by atomic mass is 32.2. The van der Waals surface area contributed by atoms with E-state index >= 15 is 0 Å². The first kappa shape index (κ1) is 15.8. The van der Waals surface area contributed by atoms with Crippen molar-refractivity contribution in [1.29, 1.82) is 0 Å². The predicted octanol–water partition coefficient (Wildman–Crippen LogP) is 4.70.